The SMILES string of the molecule is CC1(C)CCN(c2ccc(C(C)(C)C)cc2)CCN1. The number of anilines is 1. The standard InChI is InChI=1S/C17H28N2/c1-16(2,3)14-6-8-15(9-7-14)19-12-10-17(4,5)18-11-13-19/h6-9,18H,10-13H2,1-5H3. The molecule has 1 aliphatic rings. The van der Waals surface area contributed by atoms with Crippen molar-refractivity contribution < 1.29 is 0 Å². The predicted octanol–water partition coefficient (Wildman–Crippen LogP) is 3.56. The molecule has 0 aromatic heterocycles. The topological polar surface area (TPSA) is 15.3 Å². The fraction of sp³-hybridized carbons (Fsp3) is 0.647. The van der Waals surface area contributed by atoms with Crippen molar-refractivity contribution in [2.45, 2.75) is 52.0 Å². The van der Waals surface area contributed by atoms with Crippen LogP contribution < -0.4 is 10.2 Å². The van der Waals surface area contributed by atoms with E-state index in [9.17, 15) is 0 Å². The van der Waals surface area contributed by atoms with Gasteiger partial charge in [0.1, 0.15) is 0 Å². The Labute approximate surface area is 118 Å². The third-order valence-electron chi connectivity index (χ3n) is 4.09. The molecule has 2 heteroatoms. The highest BCUT2D eigenvalue weighted by atomic mass is 15.2. The number of rotatable bonds is 1. The van der Waals surface area contributed by atoms with Gasteiger partial charge in [0.15, 0.2) is 0 Å². The van der Waals surface area contributed by atoms with E-state index < -0.39 is 0 Å². The molecule has 106 valence electrons. The van der Waals surface area contributed by atoms with E-state index in [1.165, 1.54) is 17.7 Å². The van der Waals surface area contributed by atoms with E-state index >= 15 is 0 Å². The second-order valence-corrected chi connectivity index (χ2v) is 7.34. The van der Waals surface area contributed by atoms with Gasteiger partial charge in [0.2, 0.25) is 0 Å². The lowest BCUT2D eigenvalue weighted by atomic mass is 9.87. The summed E-state index contributed by atoms with van der Waals surface area (Å²) in [7, 11) is 0. The zero-order valence-electron chi connectivity index (χ0n) is 13.1. The van der Waals surface area contributed by atoms with E-state index in [0.29, 0.717) is 0 Å². The Morgan fingerprint density at radius 3 is 2.26 bits per heavy atom. The molecule has 2 rings (SSSR count). The van der Waals surface area contributed by atoms with Crippen LogP contribution in [0.25, 0.3) is 0 Å². The van der Waals surface area contributed by atoms with Crippen molar-refractivity contribution in [1.82, 2.24) is 5.32 Å². The maximum absolute atomic E-state index is 3.61. The predicted molar refractivity (Wildman–Crippen MR) is 84.1 cm³/mol. The highest BCUT2D eigenvalue weighted by Gasteiger charge is 2.22. The van der Waals surface area contributed by atoms with Gasteiger partial charge in [0.25, 0.3) is 0 Å². The van der Waals surface area contributed by atoms with E-state index in [1.807, 2.05) is 0 Å². The fourth-order valence-electron chi connectivity index (χ4n) is 2.57. The van der Waals surface area contributed by atoms with Gasteiger partial charge in [0, 0.05) is 30.9 Å². The van der Waals surface area contributed by atoms with Gasteiger partial charge in [-0.25, -0.2) is 0 Å². The first kappa shape index (κ1) is 14.4. The van der Waals surface area contributed by atoms with E-state index in [4.69, 9.17) is 0 Å². The van der Waals surface area contributed by atoms with Crippen LogP contribution in [0.1, 0.15) is 46.6 Å². The number of benzene rings is 1. The Bertz CT molecular complexity index is 412. The summed E-state index contributed by atoms with van der Waals surface area (Å²) in [5.41, 5.74) is 3.26. The van der Waals surface area contributed by atoms with Gasteiger partial charge < -0.3 is 10.2 Å². The van der Waals surface area contributed by atoms with Crippen LogP contribution >= 0.6 is 0 Å². The largest absolute Gasteiger partial charge is 0.370 e. The first-order chi connectivity index (χ1) is 8.78. The molecule has 1 aromatic carbocycles. The molecule has 1 aliphatic heterocycles. The molecule has 1 fully saturated rings. The van der Waals surface area contributed by atoms with Gasteiger partial charge in [0.05, 0.1) is 0 Å². The quantitative estimate of drug-likeness (QED) is 0.830. The molecule has 1 N–H and O–H groups in total. The summed E-state index contributed by atoms with van der Waals surface area (Å²) in [6.07, 6.45) is 1.19. The number of hydrogen-bond donors (Lipinski definition) is 1. The third-order valence-corrected chi connectivity index (χ3v) is 4.09. The summed E-state index contributed by atoms with van der Waals surface area (Å²) < 4.78 is 0. The Hall–Kier alpha value is -1.02. The number of hydrogen-bond acceptors (Lipinski definition) is 2. The molecule has 0 spiro atoms. The minimum atomic E-state index is 0.237. The zero-order valence-corrected chi connectivity index (χ0v) is 13.1. The van der Waals surface area contributed by atoms with E-state index in [1.54, 1.807) is 0 Å². The lowest BCUT2D eigenvalue weighted by Crippen LogP contribution is -2.39. The molecule has 1 saturated heterocycles. The maximum Gasteiger partial charge on any atom is 0.0366 e. The van der Waals surface area contributed by atoms with Crippen LogP contribution in [0.3, 0.4) is 0 Å². The Morgan fingerprint density at radius 1 is 1.05 bits per heavy atom. The van der Waals surface area contributed by atoms with Gasteiger partial charge in [-0.3, -0.25) is 0 Å². The summed E-state index contributed by atoms with van der Waals surface area (Å²) in [6.45, 7) is 14.7. The van der Waals surface area contributed by atoms with Crippen LogP contribution in [0.4, 0.5) is 5.69 Å². The molecule has 0 radical (unpaired) electrons. The molecule has 1 heterocycles. The van der Waals surface area contributed by atoms with Crippen LogP contribution in [0.15, 0.2) is 24.3 Å². The van der Waals surface area contributed by atoms with Gasteiger partial charge in [-0.2, -0.15) is 0 Å². The van der Waals surface area contributed by atoms with Crippen molar-refractivity contribution >= 4 is 5.69 Å². The molecule has 0 aliphatic carbocycles. The van der Waals surface area contributed by atoms with Crippen molar-refractivity contribution in [2.75, 3.05) is 24.5 Å². The molecular weight excluding hydrogens is 232 g/mol. The fourth-order valence-corrected chi connectivity index (χ4v) is 2.57. The molecule has 0 saturated carbocycles. The van der Waals surface area contributed by atoms with Crippen LogP contribution in [-0.2, 0) is 5.41 Å². The Balaban J connectivity index is 2.10. The van der Waals surface area contributed by atoms with Crippen molar-refractivity contribution in [2.24, 2.45) is 0 Å². The molecule has 19 heavy (non-hydrogen) atoms. The lowest BCUT2D eigenvalue weighted by molar-refractivity contribution is 0.394. The molecular formula is C17H28N2. The van der Waals surface area contributed by atoms with Crippen LogP contribution in [-0.4, -0.2) is 25.2 Å². The minimum absolute atomic E-state index is 0.237. The normalized spacial score (nSPS) is 20.2. The second-order valence-electron chi connectivity index (χ2n) is 7.34. The first-order valence-electron chi connectivity index (χ1n) is 7.38. The van der Waals surface area contributed by atoms with Crippen LogP contribution in [0.5, 0.6) is 0 Å². The molecule has 2 nitrogen and oxygen atoms in total. The second kappa shape index (κ2) is 5.16. The summed E-state index contributed by atoms with van der Waals surface area (Å²) >= 11 is 0. The van der Waals surface area contributed by atoms with Crippen LogP contribution in [0, 0.1) is 0 Å². The number of nitrogens with zero attached hydrogens (tertiary/aromatic N) is 1. The summed E-state index contributed by atoms with van der Waals surface area (Å²) in [5, 5.41) is 3.61. The highest BCUT2D eigenvalue weighted by Crippen LogP contribution is 2.26. The van der Waals surface area contributed by atoms with Crippen molar-refractivity contribution in [3.05, 3.63) is 29.8 Å². The van der Waals surface area contributed by atoms with Crippen molar-refractivity contribution in [3.63, 3.8) is 0 Å². The average Bonchev–Trinajstić information content (AvgIpc) is 2.49. The van der Waals surface area contributed by atoms with Gasteiger partial charge in [-0.05, 0) is 43.4 Å². The average molecular weight is 260 g/mol. The highest BCUT2D eigenvalue weighted by molar-refractivity contribution is 5.48. The van der Waals surface area contributed by atoms with Crippen molar-refractivity contribution in [1.29, 1.82) is 0 Å². The summed E-state index contributed by atoms with van der Waals surface area (Å²) in [6, 6.07) is 9.11. The molecule has 0 bridgehead atoms. The zero-order chi connectivity index (χ0) is 14.1. The van der Waals surface area contributed by atoms with Gasteiger partial charge >= 0.3 is 0 Å². The Morgan fingerprint density at radius 2 is 1.68 bits per heavy atom. The molecule has 0 atom stereocenters. The first-order valence-corrected chi connectivity index (χ1v) is 7.38. The van der Waals surface area contributed by atoms with E-state index in [0.717, 1.165) is 19.6 Å². The smallest absolute Gasteiger partial charge is 0.0366 e. The number of nitrogens with one attached hydrogen (secondary N) is 1. The van der Waals surface area contributed by atoms with Crippen LogP contribution in [0.2, 0.25) is 0 Å². The lowest BCUT2D eigenvalue weighted by Gasteiger charge is -2.26. The third kappa shape index (κ3) is 3.73. The monoisotopic (exact) mass is 260 g/mol. The van der Waals surface area contributed by atoms with E-state index in [2.05, 4.69) is 69.1 Å². The van der Waals surface area contributed by atoms with Gasteiger partial charge in [-0.15, -0.1) is 0 Å². The maximum atomic E-state index is 3.61. The molecule has 0 unspecified atom stereocenters. The minimum Gasteiger partial charge on any atom is -0.370 e. The van der Waals surface area contributed by atoms with E-state index in [-0.39, 0.29) is 11.0 Å². The van der Waals surface area contributed by atoms with Gasteiger partial charge in [-0.1, -0.05) is 32.9 Å². The summed E-state index contributed by atoms with van der Waals surface area (Å²) in [5.74, 6) is 0. The molecule has 0 amide bonds. The summed E-state index contributed by atoms with van der Waals surface area (Å²) in [4.78, 5) is 2.49. The van der Waals surface area contributed by atoms with Crippen molar-refractivity contribution in [3.8, 4) is 0 Å². The Kier molecular flexibility index (Phi) is 3.91. The molecule has 1 aromatic rings.